The normalized spacial score (nSPS) is 11.2. The Labute approximate surface area is 112 Å². The van der Waals surface area contributed by atoms with Gasteiger partial charge >= 0.3 is 0 Å². The van der Waals surface area contributed by atoms with Crippen LogP contribution in [0.15, 0.2) is 59.5 Å². The van der Waals surface area contributed by atoms with E-state index in [1.165, 1.54) is 24.3 Å². The number of hydrogen-bond donors (Lipinski definition) is 1. The van der Waals surface area contributed by atoms with Crippen molar-refractivity contribution in [2.75, 3.05) is 0 Å². The predicted molar refractivity (Wildman–Crippen MR) is 72.3 cm³/mol. The van der Waals surface area contributed by atoms with Gasteiger partial charge in [0.05, 0.1) is 4.90 Å². The maximum Gasteiger partial charge on any atom is 0.240 e. The van der Waals surface area contributed by atoms with Gasteiger partial charge in [0, 0.05) is 12.1 Å². The van der Waals surface area contributed by atoms with Gasteiger partial charge in [0.15, 0.2) is 0 Å². The third-order valence-electron chi connectivity index (χ3n) is 2.64. The van der Waals surface area contributed by atoms with Crippen LogP contribution in [0.1, 0.15) is 15.9 Å². The molecule has 0 aliphatic rings. The highest BCUT2D eigenvalue weighted by Crippen LogP contribution is 2.10. The van der Waals surface area contributed by atoms with Gasteiger partial charge in [-0.15, -0.1) is 0 Å². The van der Waals surface area contributed by atoms with Crippen molar-refractivity contribution in [2.45, 2.75) is 11.4 Å². The van der Waals surface area contributed by atoms with Gasteiger partial charge in [0.2, 0.25) is 10.0 Å². The molecule has 0 bridgehead atoms. The molecule has 0 spiro atoms. The van der Waals surface area contributed by atoms with Crippen LogP contribution in [0.3, 0.4) is 0 Å². The second kappa shape index (κ2) is 5.77. The summed E-state index contributed by atoms with van der Waals surface area (Å²) in [6.45, 7) is 0.235. The fourth-order valence-corrected chi connectivity index (χ4v) is 2.60. The van der Waals surface area contributed by atoms with Crippen LogP contribution in [0.2, 0.25) is 0 Å². The van der Waals surface area contributed by atoms with Crippen LogP contribution in [0.4, 0.5) is 0 Å². The van der Waals surface area contributed by atoms with Crippen molar-refractivity contribution in [1.82, 2.24) is 4.72 Å². The highest BCUT2D eigenvalue weighted by atomic mass is 32.2. The molecule has 19 heavy (non-hydrogen) atoms. The molecule has 0 saturated heterocycles. The van der Waals surface area contributed by atoms with E-state index < -0.39 is 10.0 Å². The quantitative estimate of drug-likeness (QED) is 0.849. The minimum absolute atomic E-state index is 0.147. The Bertz CT molecular complexity index is 649. The summed E-state index contributed by atoms with van der Waals surface area (Å²) in [5.74, 6) is 0. The van der Waals surface area contributed by atoms with E-state index >= 15 is 0 Å². The second-order valence-electron chi connectivity index (χ2n) is 4.00. The molecule has 0 aliphatic carbocycles. The van der Waals surface area contributed by atoms with Crippen LogP contribution in [0.25, 0.3) is 0 Å². The van der Waals surface area contributed by atoms with Crippen LogP contribution < -0.4 is 4.72 Å². The predicted octanol–water partition coefficient (Wildman–Crippen LogP) is 1.98. The van der Waals surface area contributed by atoms with Gasteiger partial charge in [0.1, 0.15) is 6.29 Å². The van der Waals surface area contributed by atoms with Gasteiger partial charge in [-0.2, -0.15) is 0 Å². The summed E-state index contributed by atoms with van der Waals surface area (Å²) in [5, 5.41) is 0. The molecule has 0 unspecified atom stereocenters. The zero-order chi connectivity index (χ0) is 13.7. The topological polar surface area (TPSA) is 63.2 Å². The molecule has 2 rings (SSSR count). The van der Waals surface area contributed by atoms with E-state index in [0.717, 1.165) is 5.56 Å². The number of nitrogens with one attached hydrogen (secondary N) is 1. The zero-order valence-corrected chi connectivity index (χ0v) is 10.9. The van der Waals surface area contributed by atoms with Crippen LogP contribution in [-0.2, 0) is 16.6 Å². The zero-order valence-electron chi connectivity index (χ0n) is 10.1. The molecule has 0 fully saturated rings. The lowest BCUT2D eigenvalue weighted by molar-refractivity contribution is 0.112. The number of rotatable bonds is 5. The SMILES string of the molecule is O=Cc1ccc(S(=O)(=O)NCc2ccccc2)cc1. The van der Waals surface area contributed by atoms with Crippen LogP contribution in [0.5, 0.6) is 0 Å². The summed E-state index contributed by atoms with van der Waals surface area (Å²) in [6.07, 6.45) is 0.674. The fraction of sp³-hybridized carbons (Fsp3) is 0.0714. The lowest BCUT2D eigenvalue weighted by Crippen LogP contribution is -2.23. The molecule has 0 saturated carbocycles. The van der Waals surface area contributed by atoms with Crippen LogP contribution in [-0.4, -0.2) is 14.7 Å². The van der Waals surface area contributed by atoms with Crippen LogP contribution >= 0.6 is 0 Å². The minimum Gasteiger partial charge on any atom is -0.298 e. The van der Waals surface area contributed by atoms with E-state index in [1.807, 2.05) is 30.3 Å². The maximum atomic E-state index is 12.0. The van der Waals surface area contributed by atoms with Crippen molar-refractivity contribution in [3.8, 4) is 0 Å². The highest BCUT2D eigenvalue weighted by Gasteiger charge is 2.13. The highest BCUT2D eigenvalue weighted by molar-refractivity contribution is 7.89. The number of hydrogen-bond acceptors (Lipinski definition) is 3. The van der Waals surface area contributed by atoms with E-state index in [9.17, 15) is 13.2 Å². The average molecular weight is 275 g/mol. The molecule has 0 aromatic heterocycles. The molecule has 5 heteroatoms. The van der Waals surface area contributed by atoms with Gasteiger partial charge in [0.25, 0.3) is 0 Å². The summed E-state index contributed by atoms with van der Waals surface area (Å²) >= 11 is 0. The molecule has 0 aliphatic heterocycles. The Morgan fingerprint density at radius 2 is 1.58 bits per heavy atom. The molecular weight excluding hydrogens is 262 g/mol. The first kappa shape index (κ1) is 13.5. The molecular formula is C14H13NO3S. The maximum absolute atomic E-state index is 12.0. The van der Waals surface area contributed by atoms with Crippen molar-refractivity contribution in [2.24, 2.45) is 0 Å². The van der Waals surface area contributed by atoms with Crippen molar-refractivity contribution in [3.63, 3.8) is 0 Å². The Balaban J connectivity index is 2.11. The third-order valence-corrected chi connectivity index (χ3v) is 4.05. The summed E-state index contributed by atoms with van der Waals surface area (Å²) in [7, 11) is -3.55. The first-order valence-corrected chi connectivity index (χ1v) is 7.19. The molecule has 0 heterocycles. The molecule has 2 aromatic carbocycles. The van der Waals surface area contributed by atoms with Gasteiger partial charge in [-0.1, -0.05) is 42.5 Å². The summed E-state index contributed by atoms with van der Waals surface area (Å²) in [5.41, 5.74) is 1.33. The van der Waals surface area contributed by atoms with E-state index in [4.69, 9.17) is 0 Å². The number of sulfonamides is 1. The molecule has 0 atom stereocenters. The molecule has 1 N–H and O–H groups in total. The van der Waals surface area contributed by atoms with E-state index in [0.29, 0.717) is 11.8 Å². The molecule has 0 amide bonds. The number of carbonyl (C=O) groups is 1. The minimum atomic E-state index is -3.55. The van der Waals surface area contributed by atoms with Gasteiger partial charge in [-0.25, -0.2) is 13.1 Å². The second-order valence-corrected chi connectivity index (χ2v) is 5.76. The van der Waals surface area contributed by atoms with E-state index in [2.05, 4.69) is 4.72 Å². The third kappa shape index (κ3) is 3.49. The number of aldehydes is 1. The fourth-order valence-electron chi connectivity index (χ4n) is 1.58. The molecule has 0 radical (unpaired) electrons. The summed E-state index contributed by atoms with van der Waals surface area (Å²) < 4.78 is 26.5. The Hall–Kier alpha value is -1.98. The summed E-state index contributed by atoms with van der Waals surface area (Å²) in [6, 6.07) is 15.0. The molecule has 2 aromatic rings. The summed E-state index contributed by atoms with van der Waals surface area (Å²) in [4.78, 5) is 10.7. The molecule has 98 valence electrons. The van der Waals surface area contributed by atoms with Crippen LogP contribution in [0, 0.1) is 0 Å². The van der Waals surface area contributed by atoms with Crippen molar-refractivity contribution < 1.29 is 13.2 Å². The lowest BCUT2D eigenvalue weighted by atomic mass is 10.2. The number of benzene rings is 2. The Kier molecular flexibility index (Phi) is 4.09. The largest absolute Gasteiger partial charge is 0.298 e. The first-order valence-electron chi connectivity index (χ1n) is 5.71. The van der Waals surface area contributed by atoms with Gasteiger partial charge in [-0.3, -0.25) is 4.79 Å². The standard InChI is InChI=1S/C14H13NO3S/c16-11-13-6-8-14(9-7-13)19(17,18)15-10-12-4-2-1-3-5-12/h1-9,11,15H,10H2. The smallest absolute Gasteiger partial charge is 0.240 e. The van der Waals surface area contributed by atoms with Gasteiger partial charge in [-0.05, 0) is 17.7 Å². The van der Waals surface area contributed by atoms with E-state index in [-0.39, 0.29) is 11.4 Å². The van der Waals surface area contributed by atoms with E-state index in [1.54, 1.807) is 0 Å². The van der Waals surface area contributed by atoms with Crippen molar-refractivity contribution in [3.05, 3.63) is 65.7 Å². The molecule has 4 nitrogen and oxygen atoms in total. The lowest BCUT2D eigenvalue weighted by Gasteiger charge is -2.06. The average Bonchev–Trinajstić information content (AvgIpc) is 2.46. The Morgan fingerprint density at radius 3 is 2.16 bits per heavy atom. The van der Waals surface area contributed by atoms with Crippen molar-refractivity contribution in [1.29, 1.82) is 0 Å². The monoisotopic (exact) mass is 275 g/mol. The first-order chi connectivity index (χ1) is 9.12. The Morgan fingerprint density at radius 1 is 0.947 bits per heavy atom. The van der Waals surface area contributed by atoms with Gasteiger partial charge < -0.3 is 0 Å². The van der Waals surface area contributed by atoms with Crippen molar-refractivity contribution >= 4 is 16.3 Å². The number of carbonyl (C=O) groups excluding carboxylic acids is 1.